The van der Waals surface area contributed by atoms with Gasteiger partial charge in [-0.05, 0) is 82.7 Å². The van der Waals surface area contributed by atoms with Gasteiger partial charge >= 0.3 is 0 Å². The van der Waals surface area contributed by atoms with E-state index in [0.717, 1.165) is 23.3 Å². The summed E-state index contributed by atoms with van der Waals surface area (Å²) in [5.41, 5.74) is 21.4. The van der Waals surface area contributed by atoms with Crippen molar-refractivity contribution < 1.29 is 33.0 Å². The third-order valence-electron chi connectivity index (χ3n) is 8.67. The number of azide groups is 2. The molecule has 0 bridgehead atoms. The predicted octanol–water partition coefficient (Wildman–Crippen LogP) is 7.07. The van der Waals surface area contributed by atoms with Gasteiger partial charge in [0.05, 0.1) is 26.2 Å². The number of phenolic OH excluding ortho intramolecular Hbond substituents is 1. The molecule has 4 aromatic carbocycles. The van der Waals surface area contributed by atoms with Gasteiger partial charge < -0.3 is 30.7 Å². The maximum absolute atomic E-state index is 14.4. The van der Waals surface area contributed by atoms with Crippen LogP contribution < -0.4 is 16.0 Å². The minimum Gasteiger partial charge on any atom is -0.505 e. The first-order valence-electron chi connectivity index (χ1n) is 16.8. The lowest BCUT2D eigenvalue weighted by Crippen LogP contribution is -2.53. The van der Waals surface area contributed by atoms with E-state index < -0.39 is 35.2 Å². The van der Waals surface area contributed by atoms with Crippen LogP contribution in [0, 0.1) is 18.6 Å². The summed E-state index contributed by atoms with van der Waals surface area (Å²) in [6, 6.07) is 18.1. The zero-order valence-corrected chi connectivity index (χ0v) is 29.1. The zero-order valence-electron chi connectivity index (χ0n) is 29.1. The Labute approximate surface area is 308 Å². The van der Waals surface area contributed by atoms with Crippen molar-refractivity contribution in [2.24, 2.45) is 10.2 Å². The van der Waals surface area contributed by atoms with Gasteiger partial charge in [-0.2, -0.15) is 0 Å². The molecule has 278 valence electrons. The minimum absolute atomic E-state index is 0.00167. The van der Waals surface area contributed by atoms with Crippen LogP contribution in [0.3, 0.4) is 0 Å². The Balaban J connectivity index is 1.17. The SMILES string of the molecule is Cc1ccc(C(=O)N2Cc3ccccc3C[C@H]2C(=O)NCCOCCC(=O)Nc2cc(CN=[N+]=[N-])cc(N=[N+]=[N-])c2)cc1NCc1c(F)ccc(O)c1F. The molecule has 1 heterocycles. The van der Waals surface area contributed by atoms with Gasteiger partial charge in [0.1, 0.15) is 11.9 Å². The molecule has 0 saturated heterocycles. The molecule has 3 amide bonds. The van der Waals surface area contributed by atoms with E-state index in [1.165, 1.54) is 17.0 Å². The number of aryl methyl sites for hydroxylation is 1. The van der Waals surface area contributed by atoms with Gasteiger partial charge in [-0.15, -0.1) is 0 Å². The number of rotatable bonds is 15. The standard InChI is InChI=1S/C37H36F2N10O5/c1-22-6-7-25(16-31(22)43-20-29-30(38)8-9-33(50)35(29)39)37(53)49-21-26-5-3-2-4-24(26)17-32(49)36(52)42-11-13-54-12-10-34(51)45-27-14-23(19-44-47-40)15-28(18-27)46-48-41/h2-9,14-16,18,32,43,50H,10-13,17,19-21H2,1H3,(H,42,52)(H,45,51)/t32-/m0/s1. The molecule has 0 aromatic heterocycles. The van der Waals surface area contributed by atoms with E-state index in [2.05, 4.69) is 36.0 Å². The van der Waals surface area contributed by atoms with Crippen molar-refractivity contribution in [2.45, 2.75) is 45.4 Å². The molecule has 0 spiro atoms. The fourth-order valence-electron chi connectivity index (χ4n) is 5.93. The third kappa shape index (κ3) is 9.80. The summed E-state index contributed by atoms with van der Waals surface area (Å²) < 4.78 is 34.3. The van der Waals surface area contributed by atoms with Crippen LogP contribution in [0.5, 0.6) is 5.75 Å². The monoisotopic (exact) mass is 738 g/mol. The molecule has 0 fully saturated rings. The van der Waals surface area contributed by atoms with Crippen LogP contribution in [0.15, 0.2) is 83.0 Å². The normalized spacial score (nSPS) is 13.2. The maximum atomic E-state index is 14.4. The van der Waals surface area contributed by atoms with E-state index in [-0.39, 0.29) is 75.0 Å². The van der Waals surface area contributed by atoms with Crippen LogP contribution >= 0.6 is 0 Å². The van der Waals surface area contributed by atoms with Crippen molar-refractivity contribution in [1.82, 2.24) is 10.2 Å². The number of hydrogen-bond acceptors (Lipinski definition) is 8. The number of carbonyl (C=O) groups is 3. The number of benzene rings is 4. The summed E-state index contributed by atoms with van der Waals surface area (Å²) in [6.07, 6.45) is 0.255. The van der Waals surface area contributed by atoms with Gasteiger partial charge in [0.2, 0.25) is 11.8 Å². The van der Waals surface area contributed by atoms with Crippen molar-refractivity contribution >= 4 is 34.8 Å². The van der Waals surface area contributed by atoms with E-state index in [0.29, 0.717) is 22.5 Å². The van der Waals surface area contributed by atoms with E-state index in [1.807, 2.05) is 24.3 Å². The highest BCUT2D eigenvalue weighted by atomic mass is 19.1. The highest BCUT2D eigenvalue weighted by Gasteiger charge is 2.35. The van der Waals surface area contributed by atoms with Gasteiger partial charge in [-0.25, -0.2) is 8.78 Å². The van der Waals surface area contributed by atoms with Crippen LogP contribution in [-0.4, -0.2) is 53.5 Å². The van der Waals surface area contributed by atoms with Crippen molar-refractivity contribution in [3.05, 3.63) is 139 Å². The summed E-state index contributed by atoms with van der Waals surface area (Å²) in [7, 11) is 0. The van der Waals surface area contributed by atoms with E-state index >= 15 is 0 Å². The molecule has 0 unspecified atom stereocenters. The second-order valence-corrected chi connectivity index (χ2v) is 12.3. The highest BCUT2D eigenvalue weighted by Crippen LogP contribution is 2.28. The Kier molecular flexibility index (Phi) is 13.0. The number of nitrogens with zero attached hydrogens (tertiary/aromatic N) is 7. The summed E-state index contributed by atoms with van der Waals surface area (Å²) in [5.74, 6) is -3.77. The van der Waals surface area contributed by atoms with Gasteiger partial charge in [0.25, 0.3) is 5.91 Å². The molecule has 1 aliphatic rings. The molecule has 4 aromatic rings. The van der Waals surface area contributed by atoms with Crippen molar-refractivity contribution in [3.8, 4) is 5.75 Å². The Morgan fingerprint density at radius 3 is 2.57 bits per heavy atom. The number of carbonyl (C=O) groups excluding carboxylic acids is 3. The highest BCUT2D eigenvalue weighted by molar-refractivity contribution is 5.99. The van der Waals surface area contributed by atoms with Gasteiger partial charge in [0.15, 0.2) is 11.6 Å². The Morgan fingerprint density at radius 1 is 1.00 bits per heavy atom. The second-order valence-electron chi connectivity index (χ2n) is 12.3. The molecule has 17 heteroatoms. The molecule has 1 aliphatic heterocycles. The number of nitrogens with one attached hydrogen (secondary N) is 3. The number of fused-ring (bicyclic) bond motifs is 1. The molecular weight excluding hydrogens is 702 g/mol. The van der Waals surface area contributed by atoms with Gasteiger partial charge in [0, 0.05) is 64.1 Å². The lowest BCUT2D eigenvalue weighted by Gasteiger charge is -2.36. The molecule has 4 N–H and O–H groups in total. The molecule has 5 rings (SSSR count). The van der Waals surface area contributed by atoms with Crippen LogP contribution in [0.2, 0.25) is 0 Å². The van der Waals surface area contributed by atoms with Crippen LogP contribution in [0.1, 0.15) is 44.6 Å². The number of hydrogen-bond donors (Lipinski definition) is 4. The molecule has 1 atom stereocenters. The van der Waals surface area contributed by atoms with Gasteiger partial charge in [-0.1, -0.05) is 40.6 Å². The molecule has 0 aliphatic carbocycles. The van der Waals surface area contributed by atoms with E-state index in [1.54, 1.807) is 31.2 Å². The van der Waals surface area contributed by atoms with E-state index in [9.17, 15) is 28.3 Å². The molecule has 54 heavy (non-hydrogen) atoms. The van der Waals surface area contributed by atoms with Crippen LogP contribution in [0.4, 0.5) is 25.8 Å². The summed E-state index contributed by atoms with van der Waals surface area (Å²) in [5, 5.41) is 25.2. The molecule has 15 nitrogen and oxygen atoms in total. The summed E-state index contributed by atoms with van der Waals surface area (Å²) >= 11 is 0. The van der Waals surface area contributed by atoms with Crippen LogP contribution in [0.25, 0.3) is 20.9 Å². The van der Waals surface area contributed by atoms with Crippen molar-refractivity contribution in [2.75, 3.05) is 30.4 Å². The first kappa shape index (κ1) is 38.6. The minimum atomic E-state index is -1.07. The Bertz CT molecular complexity index is 2150. The number of halogens is 2. The summed E-state index contributed by atoms with van der Waals surface area (Å²) in [4.78, 5) is 47.0. The quantitative estimate of drug-likeness (QED) is 0.0432. The lowest BCUT2D eigenvalue weighted by atomic mass is 9.92. The number of anilines is 2. The number of phenols is 1. The zero-order chi connectivity index (χ0) is 38.6. The molecule has 0 radical (unpaired) electrons. The smallest absolute Gasteiger partial charge is 0.254 e. The molecule has 0 saturated carbocycles. The molecular formula is C37H36F2N10O5. The fourth-order valence-corrected chi connectivity index (χ4v) is 5.93. The first-order valence-corrected chi connectivity index (χ1v) is 16.8. The van der Waals surface area contributed by atoms with E-state index in [4.69, 9.17) is 15.8 Å². The number of amides is 3. The average Bonchev–Trinajstić information content (AvgIpc) is 3.16. The fraction of sp³-hybridized carbons (Fsp3) is 0.270. The van der Waals surface area contributed by atoms with Gasteiger partial charge in [-0.3, -0.25) is 14.4 Å². The average molecular weight is 739 g/mol. The topological polar surface area (TPSA) is 218 Å². The van der Waals surface area contributed by atoms with Crippen molar-refractivity contribution in [3.63, 3.8) is 0 Å². The largest absolute Gasteiger partial charge is 0.505 e. The number of ether oxygens (including phenoxy) is 1. The third-order valence-corrected chi connectivity index (χ3v) is 8.67. The second kappa shape index (κ2) is 18.2. The predicted molar refractivity (Wildman–Crippen MR) is 196 cm³/mol. The number of aromatic hydroxyl groups is 1. The Hall–Kier alpha value is -6.67. The Morgan fingerprint density at radius 2 is 1.80 bits per heavy atom. The first-order chi connectivity index (χ1) is 26.1. The summed E-state index contributed by atoms with van der Waals surface area (Å²) in [6.45, 7) is 1.90. The lowest BCUT2D eigenvalue weighted by molar-refractivity contribution is -0.126. The van der Waals surface area contributed by atoms with Crippen LogP contribution in [-0.2, 0) is 40.4 Å². The maximum Gasteiger partial charge on any atom is 0.254 e. The van der Waals surface area contributed by atoms with Crippen molar-refractivity contribution in [1.29, 1.82) is 0 Å².